The molecular weight excluding hydrogens is 433 g/mol. The molecule has 8 heteroatoms. The minimum atomic E-state index is -0.767. The summed E-state index contributed by atoms with van der Waals surface area (Å²) < 4.78 is 28.7. The van der Waals surface area contributed by atoms with Crippen LogP contribution in [0.5, 0.6) is 0 Å². The number of anilines is 2. The molecule has 2 aromatic rings. The highest BCUT2D eigenvalue weighted by molar-refractivity contribution is 14.1. The third kappa shape index (κ3) is 4.86. The van der Waals surface area contributed by atoms with Crippen LogP contribution in [0.2, 0.25) is 0 Å². The summed E-state index contributed by atoms with van der Waals surface area (Å²) in [6, 6.07) is 8.27. The van der Waals surface area contributed by atoms with Crippen molar-refractivity contribution in [3.05, 3.63) is 57.2 Å². The van der Waals surface area contributed by atoms with Gasteiger partial charge in [-0.05, 0) is 59.8 Å². The highest BCUT2D eigenvalue weighted by atomic mass is 127. The van der Waals surface area contributed by atoms with Crippen LogP contribution in [0.4, 0.5) is 20.2 Å². The van der Waals surface area contributed by atoms with Crippen molar-refractivity contribution in [3.63, 3.8) is 0 Å². The first kappa shape index (κ1) is 18.6. The molecule has 0 unspecified atom stereocenters. The Morgan fingerprint density at radius 2 is 2.04 bits per heavy atom. The standard InChI is InChI=1S/C16H15F2IN2O3/c1-9(22)8-24-21-16(23)11-3-2-4-12(17)15(11)20-14-6-5-10(19)7-13(14)18/h2-7,9,20,22H,8H2,1H3,(H,21,23)/t9-/m1/s1. The predicted molar refractivity (Wildman–Crippen MR) is 93.9 cm³/mol. The number of benzene rings is 2. The van der Waals surface area contributed by atoms with Crippen molar-refractivity contribution in [2.24, 2.45) is 0 Å². The molecule has 0 saturated carbocycles. The van der Waals surface area contributed by atoms with Crippen LogP contribution in [-0.2, 0) is 4.84 Å². The van der Waals surface area contributed by atoms with E-state index in [0.29, 0.717) is 3.57 Å². The van der Waals surface area contributed by atoms with E-state index in [2.05, 4.69) is 10.8 Å². The van der Waals surface area contributed by atoms with Gasteiger partial charge in [-0.15, -0.1) is 0 Å². The number of halogens is 3. The van der Waals surface area contributed by atoms with Gasteiger partial charge in [0, 0.05) is 3.57 Å². The molecule has 0 aliphatic rings. The van der Waals surface area contributed by atoms with E-state index in [1.165, 1.54) is 31.2 Å². The number of carbonyl (C=O) groups is 1. The molecule has 3 N–H and O–H groups in total. The zero-order valence-corrected chi connectivity index (χ0v) is 14.8. The summed E-state index contributed by atoms with van der Waals surface area (Å²) in [6.45, 7) is 1.37. The Bertz CT molecular complexity index is 741. The largest absolute Gasteiger partial charge is 0.391 e. The zero-order chi connectivity index (χ0) is 17.7. The molecule has 0 radical (unpaired) electrons. The van der Waals surface area contributed by atoms with Gasteiger partial charge in [-0.2, -0.15) is 0 Å². The molecule has 2 aromatic carbocycles. The number of para-hydroxylation sites is 1. The fourth-order valence-corrected chi connectivity index (χ4v) is 2.30. The third-order valence-corrected chi connectivity index (χ3v) is 3.61. The first-order valence-corrected chi connectivity index (χ1v) is 8.07. The van der Waals surface area contributed by atoms with Crippen LogP contribution < -0.4 is 10.8 Å². The summed E-state index contributed by atoms with van der Waals surface area (Å²) in [5, 5.41) is 11.7. The van der Waals surface area contributed by atoms with Gasteiger partial charge >= 0.3 is 0 Å². The average molecular weight is 448 g/mol. The molecule has 0 saturated heterocycles. The SMILES string of the molecule is C[C@@H](O)CONC(=O)c1cccc(F)c1Nc1ccc(I)cc1F. The first-order chi connectivity index (χ1) is 11.4. The van der Waals surface area contributed by atoms with E-state index in [9.17, 15) is 13.6 Å². The molecule has 128 valence electrons. The predicted octanol–water partition coefficient (Wildman–Crippen LogP) is 3.36. The molecule has 0 aliphatic heterocycles. The maximum absolute atomic E-state index is 14.1. The number of hydrogen-bond acceptors (Lipinski definition) is 4. The highest BCUT2D eigenvalue weighted by Crippen LogP contribution is 2.27. The van der Waals surface area contributed by atoms with E-state index in [1.54, 1.807) is 6.07 Å². The van der Waals surface area contributed by atoms with Crippen LogP contribution in [0.15, 0.2) is 36.4 Å². The van der Waals surface area contributed by atoms with E-state index in [-0.39, 0.29) is 23.5 Å². The summed E-state index contributed by atoms with van der Waals surface area (Å²) >= 11 is 1.95. The fourth-order valence-electron chi connectivity index (χ4n) is 1.85. The number of nitrogens with one attached hydrogen (secondary N) is 2. The van der Waals surface area contributed by atoms with Crippen LogP contribution >= 0.6 is 22.6 Å². The minimum Gasteiger partial charge on any atom is -0.391 e. The van der Waals surface area contributed by atoms with Crippen molar-refractivity contribution in [1.82, 2.24) is 5.48 Å². The Balaban J connectivity index is 2.24. The molecule has 0 aliphatic carbocycles. The molecule has 0 bridgehead atoms. The summed E-state index contributed by atoms with van der Waals surface area (Å²) in [5.74, 6) is -2.00. The molecular formula is C16H15F2IN2O3. The van der Waals surface area contributed by atoms with Crippen LogP contribution in [0.25, 0.3) is 0 Å². The van der Waals surface area contributed by atoms with Crippen molar-refractivity contribution in [2.45, 2.75) is 13.0 Å². The molecule has 24 heavy (non-hydrogen) atoms. The second-order valence-corrected chi connectivity index (χ2v) is 6.25. The lowest BCUT2D eigenvalue weighted by atomic mass is 10.1. The Morgan fingerprint density at radius 3 is 2.71 bits per heavy atom. The number of rotatable bonds is 6. The lowest BCUT2D eigenvalue weighted by Gasteiger charge is -2.14. The highest BCUT2D eigenvalue weighted by Gasteiger charge is 2.17. The van der Waals surface area contributed by atoms with Crippen LogP contribution in [0.3, 0.4) is 0 Å². The monoisotopic (exact) mass is 448 g/mol. The molecule has 1 amide bonds. The Morgan fingerprint density at radius 1 is 1.29 bits per heavy atom. The number of hydrogen-bond donors (Lipinski definition) is 3. The van der Waals surface area contributed by atoms with Gasteiger partial charge in [-0.25, -0.2) is 14.3 Å². The third-order valence-electron chi connectivity index (χ3n) is 2.94. The van der Waals surface area contributed by atoms with Crippen molar-refractivity contribution < 1.29 is 23.5 Å². The quantitative estimate of drug-likeness (QED) is 0.469. The summed E-state index contributed by atoms with van der Waals surface area (Å²) in [7, 11) is 0. The summed E-state index contributed by atoms with van der Waals surface area (Å²) in [4.78, 5) is 16.9. The maximum Gasteiger partial charge on any atom is 0.277 e. The smallest absolute Gasteiger partial charge is 0.277 e. The second-order valence-electron chi connectivity index (χ2n) is 5.00. The number of aliphatic hydroxyl groups is 1. The van der Waals surface area contributed by atoms with Crippen LogP contribution in [0.1, 0.15) is 17.3 Å². The van der Waals surface area contributed by atoms with E-state index in [1.807, 2.05) is 22.6 Å². The van der Waals surface area contributed by atoms with Crippen molar-refractivity contribution in [3.8, 4) is 0 Å². The molecule has 0 heterocycles. The molecule has 0 aromatic heterocycles. The Hall–Kier alpha value is -1.78. The van der Waals surface area contributed by atoms with E-state index in [0.717, 1.165) is 6.07 Å². The number of carbonyl (C=O) groups excluding carboxylic acids is 1. The Labute approximate surface area is 151 Å². The lowest BCUT2D eigenvalue weighted by Crippen LogP contribution is -2.28. The lowest BCUT2D eigenvalue weighted by molar-refractivity contribution is -0.00684. The van der Waals surface area contributed by atoms with Gasteiger partial charge in [0.1, 0.15) is 18.2 Å². The molecule has 1 atom stereocenters. The molecule has 0 fully saturated rings. The zero-order valence-electron chi connectivity index (χ0n) is 12.6. The topological polar surface area (TPSA) is 70.6 Å². The van der Waals surface area contributed by atoms with Gasteiger partial charge in [0.25, 0.3) is 5.91 Å². The minimum absolute atomic E-state index is 0.0412. The van der Waals surface area contributed by atoms with Gasteiger partial charge in [0.15, 0.2) is 0 Å². The first-order valence-electron chi connectivity index (χ1n) is 6.99. The van der Waals surface area contributed by atoms with Gasteiger partial charge in [0.05, 0.1) is 23.0 Å². The molecule has 2 rings (SSSR count). The molecule has 5 nitrogen and oxygen atoms in total. The van der Waals surface area contributed by atoms with Gasteiger partial charge < -0.3 is 10.4 Å². The van der Waals surface area contributed by atoms with E-state index >= 15 is 0 Å². The Kier molecular flexibility index (Phi) is 6.46. The second kappa shape index (κ2) is 8.36. The number of hydroxylamine groups is 1. The van der Waals surface area contributed by atoms with Crippen molar-refractivity contribution in [1.29, 1.82) is 0 Å². The van der Waals surface area contributed by atoms with Crippen LogP contribution in [0, 0.1) is 15.2 Å². The number of aliphatic hydroxyl groups excluding tert-OH is 1. The van der Waals surface area contributed by atoms with Crippen LogP contribution in [-0.4, -0.2) is 23.7 Å². The van der Waals surface area contributed by atoms with Gasteiger partial charge in [-0.3, -0.25) is 9.63 Å². The normalized spacial score (nSPS) is 11.9. The fraction of sp³-hybridized carbons (Fsp3) is 0.188. The average Bonchev–Trinajstić information content (AvgIpc) is 2.51. The van der Waals surface area contributed by atoms with Gasteiger partial charge in [-0.1, -0.05) is 6.07 Å². The van der Waals surface area contributed by atoms with Crippen molar-refractivity contribution in [2.75, 3.05) is 11.9 Å². The van der Waals surface area contributed by atoms with Crippen molar-refractivity contribution >= 4 is 39.9 Å². The molecule has 0 spiro atoms. The van der Waals surface area contributed by atoms with Gasteiger partial charge in [0.2, 0.25) is 0 Å². The summed E-state index contributed by atoms with van der Waals surface area (Å²) in [5.41, 5.74) is 1.92. The van der Waals surface area contributed by atoms with E-state index < -0.39 is 23.6 Å². The summed E-state index contributed by atoms with van der Waals surface area (Å²) in [6.07, 6.45) is -0.767. The number of amides is 1. The maximum atomic E-state index is 14.1. The van der Waals surface area contributed by atoms with E-state index in [4.69, 9.17) is 9.94 Å².